The van der Waals surface area contributed by atoms with Gasteiger partial charge in [0.2, 0.25) is 0 Å². The van der Waals surface area contributed by atoms with E-state index in [1.807, 2.05) is 18.2 Å². The highest BCUT2D eigenvalue weighted by Gasteiger charge is 2.39. The quantitative estimate of drug-likeness (QED) is 0.363. The third-order valence-electron chi connectivity index (χ3n) is 4.65. The largest absolute Gasteiger partial charge is 0.496 e. The van der Waals surface area contributed by atoms with Crippen molar-refractivity contribution in [2.45, 2.75) is 64.8 Å². The zero-order chi connectivity index (χ0) is 18.4. The van der Waals surface area contributed by atoms with Crippen LogP contribution in [-0.4, -0.2) is 15.4 Å². The minimum absolute atomic E-state index is 0.136. The van der Waals surface area contributed by atoms with E-state index in [2.05, 4.69) is 65.3 Å². The van der Waals surface area contributed by atoms with Crippen LogP contribution in [0.15, 0.2) is 30.9 Å². The number of ether oxygens (including phenoxy) is 1. The average molecular weight is 345 g/mol. The first kappa shape index (κ1) is 20.5. The number of methoxy groups -OCH3 is 1. The standard InChI is InChI=1S/C21H32O2Si/c1-9-11-15-20(23-24(7,8)21(3,4)5)18-14-12-16-19(22-6)17(18)13-10-2/h10,12,14,16,20H,2,9,13H2,1,3-8H3/t20-/m0/s1. The minimum atomic E-state index is -1.94. The fourth-order valence-corrected chi connectivity index (χ4v) is 3.35. The molecule has 0 aliphatic heterocycles. The Balaban J connectivity index is 3.39. The Morgan fingerprint density at radius 3 is 2.46 bits per heavy atom. The molecule has 1 aromatic rings. The third kappa shape index (κ3) is 4.99. The van der Waals surface area contributed by atoms with E-state index in [0.29, 0.717) is 0 Å². The van der Waals surface area contributed by atoms with Gasteiger partial charge in [-0.05, 0) is 36.2 Å². The lowest BCUT2D eigenvalue weighted by Crippen LogP contribution is -2.41. The van der Waals surface area contributed by atoms with Gasteiger partial charge in [0.15, 0.2) is 8.32 Å². The highest BCUT2D eigenvalue weighted by molar-refractivity contribution is 6.74. The van der Waals surface area contributed by atoms with Crippen LogP contribution in [0.5, 0.6) is 5.75 Å². The van der Waals surface area contributed by atoms with Crippen LogP contribution in [0.4, 0.5) is 0 Å². The van der Waals surface area contributed by atoms with Gasteiger partial charge in [-0.1, -0.05) is 51.8 Å². The molecule has 1 atom stereocenters. The molecule has 1 aromatic carbocycles. The molecule has 0 fully saturated rings. The second-order valence-electron chi connectivity index (χ2n) is 7.45. The molecule has 0 bridgehead atoms. The van der Waals surface area contributed by atoms with Crippen molar-refractivity contribution in [1.82, 2.24) is 0 Å². The van der Waals surface area contributed by atoms with Gasteiger partial charge in [-0.15, -0.1) is 12.5 Å². The molecule has 0 unspecified atom stereocenters. The fraction of sp³-hybridized carbons (Fsp3) is 0.524. The van der Waals surface area contributed by atoms with Crippen molar-refractivity contribution in [1.29, 1.82) is 0 Å². The van der Waals surface area contributed by atoms with Gasteiger partial charge in [0, 0.05) is 12.0 Å². The Morgan fingerprint density at radius 1 is 1.29 bits per heavy atom. The summed E-state index contributed by atoms with van der Waals surface area (Å²) in [6.45, 7) is 17.2. The van der Waals surface area contributed by atoms with Crippen molar-refractivity contribution in [3.63, 3.8) is 0 Å². The van der Waals surface area contributed by atoms with Gasteiger partial charge >= 0.3 is 0 Å². The van der Waals surface area contributed by atoms with Gasteiger partial charge in [-0.2, -0.15) is 0 Å². The molecule has 132 valence electrons. The predicted molar refractivity (Wildman–Crippen MR) is 106 cm³/mol. The molecule has 0 amide bonds. The molecular weight excluding hydrogens is 312 g/mol. The Kier molecular flexibility index (Phi) is 7.32. The molecule has 2 nitrogen and oxygen atoms in total. The van der Waals surface area contributed by atoms with E-state index in [9.17, 15) is 0 Å². The van der Waals surface area contributed by atoms with Crippen molar-refractivity contribution in [3.8, 4) is 17.6 Å². The third-order valence-corrected chi connectivity index (χ3v) is 9.09. The lowest BCUT2D eigenvalue weighted by atomic mass is 9.99. The number of hydrogen-bond donors (Lipinski definition) is 0. The summed E-state index contributed by atoms with van der Waals surface area (Å²) in [6, 6.07) is 6.10. The number of allylic oxidation sites excluding steroid dienone is 1. The lowest BCUT2D eigenvalue weighted by molar-refractivity contribution is 0.236. The minimum Gasteiger partial charge on any atom is -0.496 e. The Hall–Kier alpha value is -1.50. The summed E-state index contributed by atoms with van der Waals surface area (Å²) in [5.41, 5.74) is 2.21. The van der Waals surface area contributed by atoms with Crippen LogP contribution in [0.1, 0.15) is 51.3 Å². The van der Waals surface area contributed by atoms with Crippen LogP contribution in [0, 0.1) is 11.8 Å². The molecule has 0 aliphatic rings. The molecule has 0 heterocycles. The van der Waals surface area contributed by atoms with Gasteiger partial charge in [-0.3, -0.25) is 0 Å². The monoisotopic (exact) mass is 344 g/mol. The molecule has 0 N–H and O–H groups in total. The average Bonchev–Trinajstić information content (AvgIpc) is 2.50. The molecule has 0 radical (unpaired) electrons. The highest BCUT2D eigenvalue weighted by atomic mass is 28.4. The van der Waals surface area contributed by atoms with Gasteiger partial charge < -0.3 is 9.16 Å². The van der Waals surface area contributed by atoms with E-state index in [0.717, 1.165) is 29.7 Å². The summed E-state index contributed by atoms with van der Waals surface area (Å²) >= 11 is 0. The summed E-state index contributed by atoms with van der Waals surface area (Å²) < 4.78 is 12.2. The van der Waals surface area contributed by atoms with E-state index in [1.165, 1.54) is 0 Å². The van der Waals surface area contributed by atoms with Gasteiger partial charge in [-0.25, -0.2) is 0 Å². The molecule has 24 heavy (non-hydrogen) atoms. The number of rotatable bonds is 6. The molecule has 0 aliphatic carbocycles. The van der Waals surface area contributed by atoms with Crippen LogP contribution in [-0.2, 0) is 10.8 Å². The smallest absolute Gasteiger partial charge is 0.194 e. The first-order valence-electron chi connectivity index (χ1n) is 8.60. The van der Waals surface area contributed by atoms with Gasteiger partial charge in [0.05, 0.1) is 7.11 Å². The molecule has 0 aromatic heterocycles. The molecule has 0 saturated carbocycles. The van der Waals surface area contributed by atoms with E-state index < -0.39 is 8.32 Å². The van der Waals surface area contributed by atoms with Crippen LogP contribution >= 0.6 is 0 Å². The Morgan fingerprint density at radius 2 is 1.96 bits per heavy atom. The lowest BCUT2D eigenvalue weighted by Gasteiger charge is -2.38. The van der Waals surface area contributed by atoms with Crippen molar-refractivity contribution in [2.75, 3.05) is 7.11 Å². The Bertz CT molecular complexity index is 615. The fourth-order valence-electron chi connectivity index (χ4n) is 2.22. The first-order valence-corrected chi connectivity index (χ1v) is 11.5. The molecule has 3 heteroatoms. The van der Waals surface area contributed by atoms with Crippen molar-refractivity contribution >= 4 is 8.32 Å². The maximum Gasteiger partial charge on any atom is 0.194 e. The van der Waals surface area contributed by atoms with Crippen LogP contribution in [0.3, 0.4) is 0 Å². The van der Waals surface area contributed by atoms with E-state index in [4.69, 9.17) is 9.16 Å². The predicted octanol–water partition coefficient (Wildman–Crippen LogP) is 5.90. The number of hydrogen-bond acceptors (Lipinski definition) is 2. The maximum absolute atomic E-state index is 6.65. The van der Waals surface area contributed by atoms with Crippen LogP contribution in [0.25, 0.3) is 0 Å². The summed E-state index contributed by atoms with van der Waals surface area (Å²) in [7, 11) is -0.242. The topological polar surface area (TPSA) is 18.5 Å². The maximum atomic E-state index is 6.65. The van der Waals surface area contributed by atoms with E-state index >= 15 is 0 Å². The molecular formula is C21H32O2Si. The van der Waals surface area contributed by atoms with Crippen molar-refractivity contribution in [3.05, 3.63) is 42.0 Å². The van der Waals surface area contributed by atoms with Crippen LogP contribution in [0.2, 0.25) is 18.1 Å². The zero-order valence-corrected chi connectivity index (χ0v) is 17.3. The summed E-state index contributed by atoms with van der Waals surface area (Å²) in [4.78, 5) is 0. The van der Waals surface area contributed by atoms with Crippen molar-refractivity contribution in [2.24, 2.45) is 0 Å². The normalized spacial score (nSPS) is 13.0. The van der Waals surface area contributed by atoms with Crippen molar-refractivity contribution < 1.29 is 9.16 Å². The second kappa shape index (κ2) is 8.55. The highest BCUT2D eigenvalue weighted by Crippen LogP contribution is 2.41. The number of benzene rings is 1. The van der Waals surface area contributed by atoms with Gasteiger partial charge in [0.1, 0.15) is 11.9 Å². The molecule has 0 spiro atoms. The summed E-state index contributed by atoms with van der Waals surface area (Å²) in [5.74, 6) is 7.41. The summed E-state index contributed by atoms with van der Waals surface area (Å²) in [5, 5.41) is 0.136. The van der Waals surface area contributed by atoms with E-state index in [-0.39, 0.29) is 11.1 Å². The summed E-state index contributed by atoms with van der Waals surface area (Å²) in [6.07, 6.45) is 3.23. The van der Waals surface area contributed by atoms with Crippen LogP contribution < -0.4 is 4.74 Å². The Labute approximate surface area is 149 Å². The van der Waals surface area contributed by atoms with Gasteiger partial charge in [0.25, 0.3) is 0 Å². The van der Waals surface area contributed by atoms with E-state index in [1.54, 1.807) is 7.11 Å². The first-order chi connectivity index (χ1) is 11.2. The SMILES string of the molecule is C=CCc1c(OC)cccc1[C@H](C#CCC)O[Si](C)(C)C(C)(C)C. The second-order valence-corrected chi connectivity index (χ2v) is 12.2. The molecule has 1 rings (SSSR count). The zero-order valence-electron chi connectivity index (χ0n) is 16.3. The molecule has 0 saturated heterocycles.